The van der Waals surface area contributed by atoms with Gasteiger partial charge in [-0.25, -0.2) is 4.57 Å². The average molecular weight is 329 g/mol. The van der Waals surface area contributed by atoms with Crippen LogP contribution < -0.4 is 9.30 Å². The number of nitrogens with zero attached hydrogens (tertiary/aromatic N) is 2. The van der Waals surface area contributed by atoms with Crippen LogP contribution in [0.15, 0.2) is 72.9 Å². The van der Waals surface area contributed by atoms with Gasteiger partial charge >= 0.3 is 0 Å². The second kappa shape index (κ2) is 6.10. The first-order chi connectivity index (χ1) is 12.2. The molecule has 25 heavy (non-hydrogen) atoms. The molecule has 0 bridgehead atoms. The maximum atomic E-state index is 5.55. The van der Waals surface area contributed by atoms with Crippen LogP contribution in [-0.2, 0) is 7.05 Å². The molecule has 0 aliphatic carbocycles. The highest BCUT2D eigenvalue weighted by Crippen LogP contribution is 2.33. The monoisotopic (exact) mass is 329 g/mol. The van der Waals surface area contributed by atoms with E-state index in [2.05, 4.69) is 77.8 Å². The lowest BCUT2D eigenvalue weighted by Crippen LogP contribution is -2.30. The van der Waals surface area contributed by atoms with Crippen molar-refractivity contribution in [1.82, 2.24) is 4.57 Å². The molecule has 0 unspecified atom stereocenters. The molecule has 0 saturated carbocycles. The van der Waals surface area contributed by atoms with E-state index in [9.17, 15) is 0 Å². The van der Waals surface area contributed by atoms with Gasteiger partial charge in [0.1, 0.15) is 17.1 Å². The summed E-state index contributed by atoms with van der Waals surface area (Å²) < 4.78 is 10.0. The summed E-state index contributed by atoms with van der Waals surface area (Å²) in [6.07, 6.45) is 2.09. The highest BCUT2D eigenvalue weighted by atomic mass is 16.5. The number of aryl methyl sites for hydroxylation is 1. The normalized spacial score (nSPS) is 11.0. The van der Waals surface area contributed by atoms with Crippen LogP contribution in [0.25, 0.3) is 28.0 Å². The maximum absolute atomic E-state index is 5.55. The third-order valence-electron chi connectivity index (χ3n) is 4.71. The largest absolute Gasteiger partial charge is 0.496 e. The molecule has 0 fully saturated rings. The Morgan fingerprint density at radius 2 is 1.72 bits per heavy atom. The van der Waals surface area contributed by atoms with Crippen LogP contribution in [0.4, 0.5) is 0 Å². The Kier molecular flexibility index (Phi) is 3.77. The molecule has 0 spiro atoms. The van der Waals surface area contributed by atoms with Gasteiger partial charge in [0, 0.05) is 17.2 Å². The minimum absolute atomic E-state index is 0.900. The first-order valence-corrected chi connectivity index (χ1v) is 8.40. The molecular formula is C22H21N2O+. The predicted octanol–water partition coefficient (Wildman–Crippen LogP) is 4.44. The Morgan fingerprint density at radius 1 is 0.920 bits per heavy atom. The standard InChI is InChI=1S/C22H21N2O/c1-16-19(12-7-13-21(16)25-3)24-20(17-9-5-4-6-10-17)15-18-11-8-14-23(2)22(18)24/h4-15H,1-3H3/q+1. The van der Waals surface area contributed by atoms with Crippen LogP contribution in [0, 0.1) is 6.92 Å². The number of pyridine rings is 1. The van der Waals surface area contributed by atoms with Gasteiger partial charge in [0.2, 0.25) is 0 Å². The summed E-state index contributed by atoms with van der Waals surface area (Å²) in [7, 11) is 3.81. The SMILES string of the molecule is COc1cccc(-n2c(-c3ccccc3)cc3ccc[n+](C)c32)c1C. The van der Waals surface area contributed by atoms with Gasteiger partial charge in [-0.05, 0) is 31.2 Å². The zero-order valence-electron chi connectivity index (χ0n) is 14.7. The molecule has 0 aliphatic rings. The van der Waals surface area contributed by atoms with Gasteiger partial charge in [-0.3, -0.25) is 0 Å². The summed E-state index contributed by atoms with van der Waals surface area (Å²) in [5.74, 6) is 0.900. The molecule has 3 heteroatoms. The summed E-state index contributed by atoms with van der Waals surface area (Å²) in [6.45, 7) is 2.11. The second-order valence-corrected chi connectivity index (χ2v) is 6.23. The van der Waals surface area contributed by atoms with Gasteiger partial charge in [0.05, 0.1) is 25.7 Å². The Hall–Kier alpha value is -3.07. The van der Waals surface area contributed by atoms with E-state index in [0.29, 0.717) is 0 Å². The first kappa shape index (κ1) is 15.5. The molecule has 0 aliphatic heterocycles. The van der Waals surface area contributed by atoms with Crippen LogP contribution >= 0.6 is 0 Å². The Bertz CT molecular complexity index is 1050. The van der Waals surface area contributed by atoms with Crippen LogP contribution in [-0.4, -0.2) is 11.7 Å². The van der Waals surface area contributed by atoms with Crippen molar-refractivity contribution in [3.63, 3.8) is 0 Å². The van der Waals surface area contributed by atoms with Crippen molar-refractivity contribution in [2.75, 3.05) is 7.11 Å². The fourth-order valence-electron chi connectivity index (χ4n) is 3.48. The fourth-order valence-corrected chi connectivity index (χ4v) is 3.48. The van der Waals surface area contributed by atoms with Gasteiger partial charge in [-0.1, -0.05) is 36.4 Å². The Labute approximate surface area is 147 Å². The van der Waals surface area contributed by atoms with Crippen LogP contribution in [0.5, 0.6) is 5.75 Å². The van der Waals surface area contributed by atoms with E-state index in [1.54, 1.807) is 7.11 Å². The number of benzene rings is 2. The summed E-state index contributed by atoms with van der Waals surface area (Å²) >= 11 is 0. The molecule has 2 aromatic heterocycles. The lowest BCUT2D eigenvalue weighted by atomic mass is 10.1. The van der Waals surface area contributed by atoms with Crippen LogP contribution in [0.1, 0.15) is 5.56 Å². The van der Waals surface area contributed by atoms with Crippen LogP contribution in [0.3, 0.4) is 0 Å². The summed E-state index contributed by atoms with van der Waals surface area (Å²) in [4.78, 5) is 0. The van der Waals surface area contributed by atoms with Crippen LogP contribution in [0.2, 0.25) is 0 Å². The van der Waals surface area contributed by atoms with Gasteiger partial charge in [-0.15, -0.1) is 0 Å². The number of fused-ring (bicyclic) bond motifs is 1. The van der Waals surface area contributed by atoms with E-state index >= 15 is 0 Å². The molecule has 0 atom stereocenters. The number of hydrogen-bond acceptors (Lipinski definition) is 1. The maximum Gasteiger partial charge on any atom is 0.294 e. The minimum Gasteiger partial charge on any atom is -0.496 e. The number of rotatable bonds is 3. The molecular weight excluding hydrogens is 308 g/mol. The van der Waals surface area contributed by atoms with Gasteiger partial charge in [0.15, 0.2) is 0 Å². The Morgan fingerprint density at radius 3 is 2.48 bits per heavy atom. The predicted molar refractivity (Wildman–Crippen MR) is 101 cm³/mol. The van der Waals surface area contributed by atoms with E-state index in [1.807, 2.05) is 18.2 Å². The topological polar surface area (TPSA) is 18.0 Å². The minimum atomic E-state index is 0.900. The Balaban J connectivity index is 2.12. The van der Waals surface area contributed by atoms with E-state index in [0.717, 1.165) is 22.6 Å². The zero-order chi connectivity index (χ0) is 17.4. The highest BCUT2D eigenvalue weighted by Gasteiger charge is 2.23. The number of ether oxygens (including phenoxy) is 1. The van der Waals surface area contributed by atoms with E-state index < -0.39 is 0 Å². The highest BCUT2D eigenvalue weighted by molar-refractivity contribution is 5.85. The molecule has 4 aromatic rings. The molecule has 0 N–H and O–H groups in total. The third-order valence-corrected chi connectivity index (χ3v) is 4.71. The molecule has 4 rings (SSSR count). The molecule has 0 radical (unpaired) electrons. The van der Waals surface area contributed by atoms with E-state index in [1.165, 1.54) is 16.6 Å². The fraction of sp³-hybridized carbons (Fsp3) is 0.136. The van der Waals surface area contributed by atoms with Crippen molar-refractivity contribution >= 4 is 11.0 Å². The quantitative estimate of drug-likeness (QED) is 0.508. The third kappa shape index (κ3) is 2.49. The van der Waals surface area contributed by atoms with Crippen molar-refractivity contribution < 1.29 is 9.30 Å². The average Bonchev–Trinajstić information content (AvgIpc) is 3.03. The number of hydrogen-bond donors (Lipinski definition) is 0. The summed E-state index contributed by atoms with van der Waals surface area (Å²) in [5.41, 5.74) is 5.80. The molecule has 2 aromatic carbocycles. The lowest BCUT2D eigenvalue weighted by molar-refractivity contribution is -0.647. The zero-order valence-corrected chi connectivity index (χ0v) is 14.7. The number of aromatic nitrogens is 2. The lowest BCUT2D eigenvalue weighted by Gasteiger charge is -2.11. The molecule has 0 saturated heterocycles. The smallest absolute Gasteiger partial charge is 0.294 e. The van der Waals surface area contributed by atoms with Gasteiger partial charge in [0.25, 0.3) is 5.65 Å². The van der Waals surface area contributed by atoms with Gasteiger partial charge in [-0.2, -0.15) is 4.57 Å². The van der Waals surface area contributed by atoms with E-state index in [4.69, 9.17) is 4.74 Å². The van der Waals surface area contributed by atoms with Crippen molar-refractivity contribution in [2.45, 2.75) is 6.92 Å². The molecule has 0 amide bonds. The summed E-state index contributed by atoms with van der Waals surface area (Å²) in [5, 5.41) is 1.21. The molecule has 3 nitrogen and oxygen atoms in total. The number of methoxy groups -OCH3 is 1. The second-order valence-electron chi connectivity index (χ2n) is 6.23. The van der Waals surface area contributed by atoms with Crippen molar-refractivity contribution in [3.8, 4) is 22.7 Å². The van der Waals surface area contributed by atoms with Crippen molar-refractivity contribution in [3.05, 3.63) is 78.5 Å². The van der Waals surface area contributed by atoms with Crippen molar-refractivity contribution in [1.29, 1.82) is 0 Å². The van der Waals surface area contributed by atoms with Gasteiger partial charge < -0.3 is 4.74 Å². The van der Waals surface area contributed by atoms with Crippen molar-refractivity contribution in [2.24, 2.45) is 7.05 Å². The van der Waals surface area contributed by atoms with E-state index in [-0.39, 0.29) is 0 Å². The molecule has 124 valence electrons. The summed E-state index contributed by atoms with van der Waals surface area (Å²) in [6, 6.07) is 23.2. The first-order valence-electron chi connectivity index (χ1n) is 8.40. The molecule has 2 heterocycles.